The predicted octanol–water partition coefficient (Wildman–Crippen LogP) is 3.11. The molecule has 0 amide bonds. The molecule has 4 nitrogen and oxygen atoms in total. The summed E-state index contributed by atoms with van der Waals surface area (Å²) in [5.74, 6) is -1.54. The molecule has 1 atom stereocenters. The summed E-state index contributed by atoms with van der Waals surface area (Å²) in [6, 6.07) is 2.09. The zero-order chi connectivity index (χ0) is 14.9. The van der Waals surface area contributed by atoms with Crippen molar-refractivity contribution < 1.29 is 17.2 Å². The second-order valence-corrected chi connectivity index (χ2v) is 7.49. The maximum Gasteiger partial charge on any atom is 0.252 e. The van der Waals surface area contributed by atoms with Gasteiger partial charge in [0.05, 0.1) is 6.20 Å². The number of rotatable bonds is 4. The molecule has 0 aliphatic heterocycles. The van der Waals surface area contributed by atoms with Gasteiger partial charge in [0, 0.05) is 17.7 Å². The largest absolute Gasteiger partial charge is 0.252 e. The SMILES string of the molecule is CC(NS(=O)(=O)c1cnc(Cl)s1)c1ccc(F)cc1F. The van der Waals surface area contributed by atoms with Gasteiger partial charge in [-0.25, -0.2) is 26.9 Å². The first kappa shape index (κ1) is 15.3. The van der Waals surface area contributed by atoms with E-state index < -0.39 is 27.7 Å². The van der Waals surface area contributed by atoms with E-state index in [0.717, 1.165) is 23.6 Å². The second kappa shape index (κ2) is 5.72. The van der Waals surface area contributed by atoms with Crippen LogP contribution in [0.3, 0.4) is 0 Å². The standard InChI is InChI=1S/C11H9ClF2N2O2S2/c1-6(8-3-2-7(13)4-9(8)14)16-20(17,18)10-5-15-11(12)19-10/h2-6,16H,1H3. The van der Waals surface area contributed by atoms with Crippen LogP contribution in [0.1, 0.15) is 18.5 Å². The van der Waals surface area contributed by atoms with Crippen molar-refractivity contribution in [2.75, 3.05) is 0 Å². The van der Waals surface area contributed by atoms with Crippen LogP contribution in [0.25, 0.3) is 0 Å². The van der Waals surface area contributed by atoms with Gasteiger partial charge in [0.25, 0.3) is 10.0 Å². The van der Waals surface area contributed by atoms with Crippen LogP contribution in [0.15, 0.2) is 28.6 Å². The van der Waals surface area contributed by atoms with Crippen LogP contribution in [0.5, 0.6) is 0 Å². The number of halogens is 3. The lowest BCUT2D eigenvalue weighted by Gasteiger charge is -2.14. The number of hydrogen-bond acceptors (Lipinski definition) is 4. The molecule has 0 aliphatic rings. The summed E-state index contributed by atoms with van der Waals surface area (Å²) >= 11 is 6.36. The summed E-state index contributed by atoms with van der Waals surface area (Å²) in [7, 11) is -3.85. The third-order valence-corrected chi connectivity index (χ3v) is 5.60. The van der Waals surface area contributed by atoms with Gasteiger partial charge in [0.2, 0.25) is 0 Å². The molecule has 0 fully saturated rings. The molecule has 1 unspecified atom stereocenters. The molecule has 0 radical (unpaired) electrons. The third-order valence-electron chi connectivity index (χ3n) is 2.48. The molecule has 0 bridgehead atoms. The number of sulfonamides is 1. The molecule has 1 N–H and O–H groups in total. The number of benzene rings is 1. The number of aromatic nitrogens is 1. The van der Waals surface area contributed by atoms with Crippen LogP contribution in [0.2, 0.25) is 4.47 Å². The van der Waals surface area contributed by atoms with Gasteiger partial charge >= 0.3 is 0 Å². The average Bonchev–Trinajstić information content (AvgIpc) is 2.75. The second-order valence-electron chi connectivity index (χ2n) is 3.94. The van der Waals surface area contributed by atoms with Crippen molar-refractivity contribution in [1.29, 1.82) is 0 Å². The van der Waals surface area contributed by atoms with Gasteiger partial charge in [0.1, 0.15) is 11.6 Å². The molecule has 0 saturated heterocycles. The summed E-state index contributed by atoms with van der Waals surface area (Å²) < 4.78 is 52.7. The lowest BCUT2D eigenvalue weighted by Crippen LogP contribution is -2.26. The highest BCUT2D eigenvalue weighted by Gasteiger charge is 2.22. The smallest absolute Gasteiger partial charge is 0.232 e. The Bertz CT molecular complexity index is 734. The molecule has 1 aromatic carbocycles. The van der Waals surface area contributed by atoms with E-state index in [1.807, 2.05) is 0 Å². The van der Waals surface area contributed by atoms with Gasteiger partial charge in [-0.15, -0.1) is 0 Å². The van der Waals surface area contributed by atoms with Crippen LogP contribution in [-0.2, 0) is 10.0 Å². The first-order valence-electron chi connectivity index (χ1n) is 5.38. The average molecular weight is 339 g/mol. The van der Waals surface area contributed by atoms with Gasteiger partial charge in [-0.3, -0.25) is 0 Å². The van der Waals surface area contributed by atoms with E-state index in [2.05, 4.69) is 9.71 Å². The maximum absolute atomic E-state index is 13.6. The Morgan fingerprint density at radius 3 is 2.65 bits per heavy atom. The predicted molar refractivity (Wildman–Crippen MR) is 72.2 cm³/mol. The summed E-state index contributed by atoms with van der Waals surface area (Å²) in [6.45, 7) is 1.45. The van der Waals surface area contributed by atoms with Crippen molar-refractivity contribution in [3.63, 3.8) is 0 Å². The van der Waals surface area contributed by atoms with E-state index >= 15 is 0 Å². The van der Waals surface area contributed by atoms with Crippen molar-refractivity contribution in [2.24, 2.45) is 0 Å². The molecule has 108 valence electrons. The Labute approximate surface area is 123 Å². The molecule has 2 rings (SSSR count). The monoisotopic (exact) mass is 338 g/mol. The van der Waals surface area contributed by atoms with Crippen LogP contribution < -0.4 is 4.72 Å². The third kappa shape index (κ3) is 3.32. The van der Waals surface area contributed by atoms with Gasteiger partial charge in [-0.2, -0.15) is 0 Å². The minimum atomic E-state index is -3.85. The van der Waals surface area contributed by atoms with Gasteiger partial charge < -0.3 is 0 Å². The fourth-order valence-electron chi connectivity index (χ4n) is 1.57. The normalized spacial score (nSPS) is 13.4. The number of hydrogen-bond donors (Lipinski definition) is 1. The fraction of sp³-hybridized carbons (Fsp3) is 0.182. The van der Waals surface area contributed by atoms with Gasteiger partial charge in [-0.05, 0) is 13.0 Å². The highest BCUT2D eigenvalue weighted by Crippen LogP contribution is 2.25. The minimum absolute atomic E-state index is 0.0468. The van der Waals surface area contributed by atoms with Crippen LogP contribution >= 0.6 is 22.9 Å². The quantitative estimate of drug-likeness (QED) is 0.931. The van der Waals surface area contributed by atoms with E-state index in [1.54, 1.807) is 0 Å². The molecule has 2 aromatic rings. The fourth-order valence-corrected chi connectivity index (χ4v) is 4.10. The molecular formula is C11H9ClF2N2O2S2. The first-order valence-corrected chi connectivity index (χ1v) is 8.06. The molecule has 1 heterocycles. The number of nitrogens with zero attached hydrogens (tertiary/aromatic N) is 1. The van der Waals surface area contributed by atoms with E-state index in [9.17, 15) is 17.2 Å². The van der Waals surface area contributed by atoms with Crippen LogP contribution in [-0.4, -0.2) is 13.4 Å². The summed E-state index contributed by atoms with van der Waals surface area (Å²) in [4.78, 5) is 3.63. The molecule has 1 aromatic heterocycles. The van der Waals surface area contributed by atoms with E-state index in [-0.39, 0.29) is 14.2 Å². The van der Waals surface area contributed by atoms with Crippen molar-refractivity contribution in [2.45, 2.75) is 17.2 Å². The Hall–Kier alpha value is -1.09. The molecule has 20 heavy (non-hydrogen) atoms. The maximum atomic E-state index is 13.6. The van der Waals surface area contributed by atoms with Crippen molar-refractivity contribution in [3.8, 4) is 0 Å². The van der Waals surface area contributed by atoms with Gasteiger partial charge in [0.15, 0.2) is 8.68 Å². The Morgan fingerprint density at radius 1 is 1.40 bits per heavy atom. The summed E-state index contributed by atoms with van der Waals surface area (Å²) in [5.41, 5.74) is 0.0468. The summed E-state index contributed by atoms with van der Waals surface area (Å²) in [6.07, 6.45) is 1.11. The molecule has 0 saturated carbocycles. The van der Waals surface area contributed by atoms with E-state index in [0.29, 0.717) is 6.07 Å². The van der Waals surface area contributed by atoms with Crippen LogP contribution in [0.4, 0.5) is 8.78 Å². The van der Waals surface area contributed by atoms with Gasteiger partial charge in [-0.1, -0.05) is 29.0 Å². The van der Waals surface area contributed by atoms with Crippen molar-refractivity contribution in [3.05, 3.63) is 46.1 Å². The van der Waals surface area contributed by atoms with Crippen molar-refractivity contribution >= 4 is 33.0 Å². The highest BCUT2D eigenvalue weighted by molar-refractivity contribution is 7.91. The first-order chi connectivity index (χ1) is 9.29. The topological polar surface area (TPSA) is 59.1 Å². The lowest BCUT2D eigenvalue weighted by molar-refractivity contribution is 0.541. The Morgan fingerprint density at radius 2 is 2.10 bits per heavy atom. The highest BCUT2D eigenvalue weighted by atomic mass is 35.5. The number of thiazole rings is 1. The summed E-state index contributed by atoms with van der Waals surface area (Å²) in [5, 5.41) is 0. The lowest BCUT2D eigenvalue weighted by atomic mass is 10.1. The molecular weight excluding hydrogens is 330 g/mol. The Balaban J connectivity index is 2.25. The number of nitrogens with one attached hydrogen (secondary N) is 1. The zero-order valence-electron chi connectivity index (χ0n) is 10.1. The van der Waals surface area contributed by atoms with Crippen LogP contribution in [0, 0.1) is 11.6 Å². The Kier molecular flexibility index (Phi) is 4.38. The van der Waals surface area contributed by atoms with E-state index in [4.69, 9.17) is 11.6 Å². The zero-order valence-corrected chi connectivity index (χ0v) is 12.5. The van der Waals surface area contributed by atoms with E-state index in [1.165, 1.54) is 13.0 Å². The van der Waals surface area contributed by atoms with Crippen molar-refractivity contribution in [1.82, 2.24) is 9.71 Å². The molecule has 0 aliphatic carbocycles. The molecule has 9 heteroatoms. The molecule has 0 spiro atoms. The minimum Gasteiger partial charge on any atom is -0.232 e.